The van der Waals surface area contributed by atoms with Gasteiger partial charge < -0.3 is 15.5 Å². The maximum absolute atomic E-state index is 12.1. The van der Waals surface area contributed by atoms with E-state index in [1.165, 1.54) is 0 Å². The zero-order chi connectivity index (χ0) is 14.4. The van der Waals surface area contributed by atoms with Gasteiger partial charge in [-0.1, -0.05) is 43.7 Å². The van der Waals surface area contributed by atoms with Crippen molar-refractivity contribution < 1.29 is 9.21 Å². The Kier molecular flexibility index (Phi) is 4.96. The fourth-order valence-corrected chi connectivity index (χ4v) is 2.11. The van der Waals surface area contributed by atoms with Crippen LogP contribution >= 0.6 is 0 Å². The molecule has 1 aromatic heterocycles. The summed E-state index contributed by atoms with van der Waals surface area (Å²) in [5.74, 6) is 0.547. The summed E-state index contributed by atoms with van der Waals surface area (Å²) in [5.41, 5.74) is 6.84. The van der Waals surface area contributed by atoms with Gasteiger partial charge in [0.05, 0.1) is 12.3 Å². The quantitative estimate of drug-likeness (QED) is 0.849. The number of furan rings is 1. The van der Waals surface area contributed by atoms with E-state index in [1.54, 1.807) is 6.26 Å². The lowest BCUT2D eigenvalue weighted by molar-refractivity contribution is -0.123. The molecule has 4 heteroatoms. The Morgan fingerprint density at radius 2 is 2.00 bits per heavy atom. The summed E-state index contributed by atoms with van der Waals surface area (Å²) in [6.45, 7) is 2.01. The van der Waals surface area contributed by atoms with E-state index in [1.807, 2.05) is 49.4 Å². The molecule has 3 N–H and O–H groups in total. The number of benzene rings is 1. The fraction of sp³-hybridized carbons (Fsp3) is 0.312. The third-order valence-electron chi connectivity index (χ3n) is 3.18. The minimum Gasteiger partial charge on any atom is -0.467 e. The maximum Gasteiger partial charge on any atom is 0.237 e. The Hall–Kier alpha value is -2.07. The van der Waals surface area contributed by atoms with Gasteiger partial charge in [-0.3, -0.25) is 4.79 Å². The molecule has 0 aliphatic heterocycles. The van der Waals surface area contributed by atoms with E-state index < -0.39 is 6.04 Å². The number of carbonyl (C=O) groups is 1. The van der Waals surface area contributed by atoms with Crippen molar-refractivity contribution in [3.63, 3.8) is 0 Å². The summed E-state index contributed by atoms with van der Waals surface area (Å²) >= 11 is 0. The highest BCUT2D eigenvalue weighted by Gasteiger charge is 2.22. The normalized spacial score (nSPS) is 13.7. The van der Waals surface area contributed by atoms with Crippen molar-refractivity contribution >= 4 is 5.91 Å². The molecular formula is C16H20N2O2. The first kappa shape index (κ1) is 14.3. The van der Waals surface area contributed by atoms with Crippen LogP contribution in [-0.4, -0.2) is 11.9 Å². The largest absolute Gasteiger partial charge is 0.467 e. The van der Waals surface area contributed by atoms with Crippen molar-refractivity contribution in [2.75, 3.05) is 0 Å². The molecule has 0 aliphatic carbocycles. The lowest BCUT2D eigenvalue weighted by Crippen LogP contribution is -2.42. The molecule has 0 saturated heterocycles. The summed E-state index contributed by atoms with van der Waals surface area (Å²) in [5, 5.41) is 2.96. The third-order valence-corrected chi connectivity index (χ3v) is 3.18. The molecule has 2 rings (SSSR count). The molecule has 4 nitrogen and oxygen atoms in total. The topological polar surface area (TPSA) is 68.3 Å². The molecule has 0 fully saturated rings. The van der Waals surface area contributed by atoms with Crippen LogP contribution in [0.15, 0.2) is 53.1 Å². The Morgan fingerprint density at radius 1 is 1.25 bits per heavy atom. The van der Waals surface area contributed by atoms with Gasteiger partial charge in [0, 0.05) is 0 Å². The zero-order valence-electron chi connectivity index (χ0n) is 11.6. The van der Waals surface area contributed by atoms with Crippen LogP contribution in [0.3, 0.4) is 0 Å². The van der Waals surface area contributed by atoms with Gasteiger partial charge in [-0.05, 0) is 24.1 Å². The number of hydrogen-bond donors (Lipinski definition) is 2. The Morgan fingerprint density at radius 3 is 2.60 bits per heavy atom. The molecule has 1 aromatic carbocycles. The Labute approximate surface area is 119 Å². The van der Waals surface area contributed by atoms with Gasteiger partial charge in [-0.2, -0.15) is 0 Å². The second-order valence-corrected chi connectivity index (χ2v) is 4.76. The molecule has 1 heterocycles. The summed E-state index contributed by atoms with van der Waals surface area (Å²) in [4.78, 5) is 12.1. The number of amides is 1. The lowest BCUT2D eigenvalue weighted by atomic mass is 10.0. The van der Waals surface area contributed by atoms with Crippen LogP contribution in [0.5, 0.6) is 0 Å². The van der Waals surface area contributed by atoms with Crippen LogP contribution in [0.4, 0.5) is 0 Å². The number of nitrogens with two attached hydrogens (primary N) is 1. The monoisotopic (exact) mass is 272 g/mol. The SMILES string of the molecule is CCCC(N)C(=O)NC(c1ccccc1)c1ccco1. The number of hydrogen-bond acceptors (Lipinski definition) is 3. The van der Waals surface area contributed by atoms with Crippen LogP contribution < -0.4 is 11.1 Å². The predicted molar refractivity (Wildman–Crippen MR) is 78.0 cm³/mol. The minimum absolute atomic E-state index is 0.155. The fourth-order valence-electron chi connectivity index (χ4n) is 2.11. The third kappa shape index (κ3) is 3.48. The van der Waals surface area contributed by atoms with Crippen molar-refractivity contribution in [2.45, 2.75) is 31.8 Å². The summed E-state index contributed by atoms with van der Waals surface area (Å²) in [6.07, 6.45) is 3.15. The number of rotatable bonds is 6. The Bertz CT molecular complexity index is 523. The molecule has 106 valence electrons. The molecular weight excluding hydrogens is 252 g/mol. The van der Waals surface area contributed by atoms with Gasteiger partial charge in [0.1, 0.15) is 11.8 Å². The average molecular weight is 272 g/mol. The number of nitrogens with one attached hydrogen (secondary N) is 1. The van der Waals surface area contributed by atoms with E-state index in [9.17, 15) is 4.79 Å². The molecule has 0 spiro atoms. The molecule has 2 aromatic rings. The summed E-state index contributed by atoms with van der Waals surface area (Å²) in [6, 6.07) is 12.6. The van der Waals surface area contributed by atoms with E-state index in [2.05, 4.69) is 5.32 Å². The van der Waals surface area contributed by atoms with E-state index in [0.717, 1.165) is 12.0 Å². The molecule has 0 bridgehead atoms. The lowest BCUT2D eigenvalue weighted by Gasteiger charge is -2.19. The molecule has 2 unspecified atom stereocenters. The summed E-state index contributed by atoms with van der Waals surface area (Å²) in [7, 11) is 0. The first-order valence-electron chi connectivity index (χ1n) is 6.86. The van der Waals surface area contributed by atoms with E-state index in [0.29, 0.717) is 12.2 Å². The second kappa shape index (κ2) is 6.91. The van der Waals surface area contributed by atoms with Crippen molar-refractivity contribution in [3.05, 3.63) is 60.1 Å². The molecule has 1 amide bonds. The smallest absolute Gasteiger partial charge is 0.237 e. The molecule has 20 heavy (non-hydrogen) atoms. The van der Waals surface area contributed by atoms with Gasteiger partial charge in [0.25, 0.3) is 0 Å². The zero-order valence-corrected chi connectivity index (χ0v) is 11.6. The standard InChI is InChI=1S/C16H20N2O2/c1-2-7-13(17)16(19)18-15(14-10-6-11-20-14)12-8-4-3-5-9-12/h3-6,8-11,13,15H,2,7,17H2,1H3,(H,18,19). The van der Waals surface area contributed by atoms with Crippen molar-refractivity contribution in [3.8, 4) is 0 Å². The van der Waals surface area contributed by atoms with Crippen LogP contribution in [0.25, 0.3) is 0 Å². The molecule has 0 saturated carbocycles. The second-order valence-electron chi connectivity index (χ2n) is 4.76. The first-order valence-corrected chi connectivity index (χ1v) is 6.86. The van der Waals surface area contributed by atoms with Gasteiger partial charge in [-0.25, -0.2) is 0 Å². The maximum atomic E-state index is 12.1. The van der Waals surface area contributed by atoms with Crippen LogP contribution in [0.2, 0.25) is 0 Å². The highest BCUT2D eigenvalue weighted by molar-refractivity contribution is 5.82. The molecule has 0 radical (unpaired) electrons. The van der Waals surface area contributed by atoms with Crippen molar-refractivity contribution in [2.24, 2.45) is 5.73 Å². The van der Waals surface area contributed by atoms with Crippen LogP contribution in [0.1, 0.15) is 37.1 Å². The van der Waals surface area contributed by atoms with Gasteiger partial charge in [-0.15, -0.1) is 0 Å². The average Bonchev–Trinajstić information content (AvgIpc) is 2.99. The van der Waals surface area contributed by atoms with Gasteiger partial charge >= 0.3 is 0 Å². The van der Waals surface area contributed by atoms with E-state index >= 15 is 0 Å². The highest BCUT2D eigenvalue weighted by Crippen LogP contribution is 2.22. The highest BCUT2D eigenvalue weighted by atomic mass is 16.3. The van der Waals surface area contributed by atoms with Crippen LogP contribution in [0, 0.1) is 0 Å². The van der Waals surface area contributed by atoms with Gasteiger partial charge in [0.2, 0.25) is 5.91 Å². The van der Waals surface area contributed by atoms with Crippen molar-refractivity contribution in [1.82, 2.24) is 5.32 Å². The van der Waals surface area contributed by atoms with E-state index in [-0.39, 0.29) is 11.9 Å². The Balaban J connectivity index is 2.18. The van der Waals surface area contributed by atoms with Crippen LogP contribution in [-0.2, 0) is 4.79 Å². The molecule has 0 aliphatic rings. The summed E-state index contributed by atoms with van der Waals surface area (Å²) < 4.78 is 5.44. The number of carbonyl (C=O) groups excluding carboxylic acids is 1. The first-order chi connectivity index (χ1) is 9.72. The minimum atomic E-state index is -0.485. The van der Waals surface area contributed by atoms with E-state index in [4.69, 9.17) is 10.2 Å². The molecule has 2 atom stereocenters. The van der Waals surface area contributed by atoms with Gasteiger partial charge in [0.15, 0.2) is 0 Å². The van der Waals surface area contributed by atoms with Crippen molar-refractivity contribution in [1.29, 1.82) is 0 Å². The predicted octanol–water partition coefficient (Wildman–Crippen LogP) is 2.61.